The van der Waals surface area contributed by atoms with E-state index >= 15 is 0 Å². The topological polar surface area (TPSA) is 17.1 Å². The van der Waals surface area contributed by atoms with Gasteiger partial charge < -0.3 is 4.79 Å². The minimum absolute atomic E-state index is 0.196. The molecule has 0 aromatic rings. The van der Waals surface area contributed by atoms with Gasteiger partial charge >= 0.3 is 0 Å². The Morgan fingerprint density at radius 1 is 0.864 bits per heavy atom. The Hall–Kier alpha value is -1.11. The van der Waals surface area contributed by atoms with E-state index < -0.39 is 0 Å². The quantitative estimate of drug-likeness (QED) is 0.174. The van der Waals surface area contributed by atoms with Crippen molar-refractivity contribution in [2.45, 2.75) is 84.0 Å². The van der Waals surface area contributed by atoms with Crippen LogP contribution < -0.4 is 0 Å². The minimum atomic E-state index is 0.196. The molecule has 126 valence electrons. The highest BCUT2D eigenvalue weighted by atomic mass is 16.1. The fourth-order valence-electron chi connectivity index (χ4n) is 2.50. The van der Waals surface area contributed by atoms with Crippen LogP contribution in [0.15, 0.2) is 37.0 Å². The van der Waals surface area contributed by atoms with Crippen molar-refractivity contribution in [3.8, 4) is 0 Å². The van der Waals surface area contributed by atoms with Crippen LogP contribution in [0.5, 0.6) is 0 Å². The zero-order chi connectivity index (χ0) is 16.3. The highest BCUT2D eigenvalue weighted by Crippen LogP contribution is 2.13. The van der Waals surface area contributed by atoms with Crippen LogP contribution in [0.3, 0.4) is 0 Å². The van der Waals surface area contributed by atoms with Crippen LogP contribution >= 0.6 is 0 Å². The SMILES string of the molecule is C=CCC(C=O)CCCCCC/C=C\C/C=C\CCCCC. The Labute approximate surface area is 138 Å². The first-order valence-electron chi connectivity index (χ1n) is 9.21. The van der Waals surface area contributed by atoms with Crippen LogP contribution in [-0.4, -0.2) is 6.29 Å². The van der Waals surface area contributed by atoms with E-state index in [0.717, 1.165) is 25.5 Å². The van der Waals surface area contributed by atoms with Gasteiger partial charge in [0.15, 0.2) is 0 Å². The van der Waals surface area contributed by atoms with E-state index in [2.05, 4.69) is 37.8 Å². The molecule has 0 saturated heterocycles. The fourth-order valence-corrected chi connectivity index (χ4v) is 2.50. The number of hydrogen-bond donors (Lipinski definition) is 0. The lowest BCUT2D eigenvalue weighted by Crippen LogP contribution is -2.00. The van der Waals surface area contributed by atoms with Gasteiger partial charge in [0.05, 0.1) is 0 Å². The zero-order valence-corrected chi connectivity index (χ0v) is 14.6. The molecule has 0 heterocycles. The van der Waals surface area contributed by atoms with Crippen molar-refractivity contribution >= 4 is 6.29 Å². The Morgan fingerprint density at radius 3 is 2.09 bits per heavy atom. The maximum absolute atomic E-state index is 10.8. The molecule has 0 amide bonds. The van der Waals surface area contributed by atoms with E-state index in [1.807, 2.05) is 6.08 Å². The first-order chi connectivity index (χ1) is 10.8. The molecule has 1 atom stereocenters. The number of hydrogen-bond acceptors (Lipinski definition) is 1. The van der Waals surface area contributed by atoms with Crippen molar-refractivity contribution in [1.82, 2.24) is 0 Å². The molecule has 0 rings (SSSR count). The normalized spacial score (nSPS) is 13.0. The molecule has 1 heteroatoms. The van der Waals surface area contributed by atoms with E-state index in [4.69, 9.17) is 0 Å². The Kier molecular flexibility index (Phi) is 17.0. The highest BCUT2D eigenvalue weighted by Gasteiger charge is 2.03. The highest BCUT2D eigenvalue weighted by molar-refractivity contribution is 5.53. The number of unbranched alkanes of at least 4 members (excludes halogenated alkanes) is 7. The second-order valence-corrected chi connectivity index (χ2v) is 6.09. The van der Waals surface area contributed by atoms with Gasteiger partial charge in [0.25, 0.3) is 0 Å². The van der Waals surface area contributed by atoms with Gasteiger partial charge in [-0.25, -0.2) is 0 Å². The van der Waals surface area contributed by atoms with Crippen LogP contribution in [0.25, 0.3) is 0 Å². The van der Waals surface area contributed by atoms with Crippen LogP contribution in [0.4, 0.5) is 0 Å². The fraction of sp³-hybridized carbons (Fsp3) is 0.667. The van der Waals surface area contributed by atoms with E-state index in [-0.39, 0.29) is 5.92 Å². The molecule has 0 spiro atoms. The summed E-state index contributed by atoms with van der Waals surface area (Å²) in [5.74, 6) is 0.196. The molecule has 0 N–H and O–H groups in total. The van der Waals surface area contributed by atoms with Gasteiger partial charge in [-0.2, -0.15) is 0 Å². The summed E-state index contributed by atoms with van der Waals surface area (Å²) >= 11 is 0. The maximum atomic E-state index is 10.8. The van der Waals surface area contributed by atoms with E-state index in [9.17, 15) is 4.79 Å². The average Bonchev–Trinajstić information content (AvgIpc) is 2.54. The monoisotopic (exact) mass is 304 g/mol. The third-order valence-corrected chi connectivity index (χ3v) is 3.94. The minimum Gasteiger partial charge on any atom is -0.303 e. The number of aldehydes is 1. The molecule has 0 fully saturated rings. The van der Waals surface area contributed by atoms with Crippen molar-refractivity contribution < 1.29 is 4.79 Å². The molecule has 1 unspecified atom stereocenters. The van der Waals surface area contributed by atoms with Crippen LogP contribution in [0.2, 0.25) is 0 Å². The standard InChI is InChI=1S/C21H36O/c1-3-5-6-7-8-9-10-11-12-13-14-15-16-17-19-21(20-22)18-4-2/h4,8-9,11-12,20-21H,2-3,5-7,10,13-19H2,1H3/b9-8-,12-11-. The molecular weight excluding hydrogens is 268 g/mol. The van der Waals surface area contributed by atoms with Crippen molar-refractivity contribution in [3.05, 3.63) is 37.0 Å². The molecule has 0 aromatic carbocycles. The van der Waals surface area contributed by atoms with Gasteiger partial charge in [-0.05, 0) is 44.9 Å². The van der Waals surface area contributed by atoms with Crippen LogP contribution in [0.1, 0.15) is 84.0 Å². The molecule has 22 heavy (non-hydrogen) atoms. The van der Waals surface area contributed by atoms with Gasteiger partial charge in [-0.1, -0.05) is 69.4 Å². The second-order valence-electron chi connectivity index (χ2n) is 6.09. The number of allylic oxidation sites excluding steroid dienone is 5. The molecule has 0 bridgehead atoms. The first kappa shape index (κ1) is 20.9. The van der Waals surface area contributed by atoms with Crippen molar-refractivity contribution in [2.24, 2.45) is 5.92 Å². The van der Waals surface area contributed by atoms with Gasteiger partial charge in [-0.15, -0.1) is 6.58 Å². The number of rotatable bonds is 16. The Bertz CT molecular complexity index is 301. The molecule has 0 aliphatic heterocycles. The van der Waals surface area contributed by atoms with Crippen LogP contribution in [0, 0.1) is 5.92 Å². The molecule has 0 aliphatic carbocycles. The number of carbonyl (C=O) groups excluding carboxylic acids is 1. The summed E-state index contributed by atoms with van der Waals surface area (Å²) in [6, 6.07) is 0. The molecule has 0 saturated carbocycles. The predicted octanol–water partition coefficient (Wildman–Crippen LogP) is 6.80. The molecular formula is C21H36O. The number of carbonyl (C=O) groups is 1. The predicted molar refractivity (Wildman–Crippen MR) is 99.1 cm³/mol. The summed E-state index contributed by atoms with van der Waals surface area (Å²) in [5, 5.41) is 0. The maximum Gasteiger partial charge on any atom is 0.123 e. The van der Waals surface area contributed by atoms with Crippen molar-refractivity contribution in [1.29, 1.82) is 0 Å². The van der Waals surface area contributed by atoms with Crippen molar-refractivity contribution in [2.75, 3.05) is 0 Å². The Balaban J connectivity index is 3.33. The third kappa shape index (κ3) is 15.3. The summed E-state index contributed by atoms with van der Waals surface area (Å²) in [6.45, 7) is 5.94. The lowest BCUT2D eigenvalue weighted by atomic mass is 9.99. The molecule has 0 radical (unpaired) electrons. The van der Waals surface area contributed by atoms with E-state index in [1.165, 1.54) is 57.8 Å². The molecule has 1 nitrogen and oxygen atoms in total. The summed E-state index contributed by atoms with van der Waals surface area (Å²) in [4.78, 5) is 10.8. The summed E-state index contributed by atoms with van der Waals surface area (Å²) < 4.78 is 0. The lowest BCUT2D eigenvalue weighted by molar-refractivity contribution is -0.111. The summed E-state index contributed by atoms with van der Waals surface area (Å²) in [6.07, 6.45) is 26.4. The lowest BCUT2D eigenvalue weighted by Gasteiger charge is -2.06. The van der Waals surface area contributed by atoms with E-state index in [1.54, 1.807) is 0 Å². The summed E-state index contributed by atoms with van der Waals surface area (Å²) in [7, 11) is 0. The van der Waals surface area contributed by atoms with Crippen molar-refractivity contribution in [3.63, 3.8) is 0 Å². The molecule has 0 aromatic heterocycles. The van der Waals surface area contributed by atoms with E-state index in [0.29, 0.717) is 0 Å². The van der Waals surface area contributed by atoms with Crippen LogP contribution in [-0.2, 0) is 4.79 Å². The third-order valence-electron chi connectivity index (χ3n) is 3.94. The van der Waals surface area contributed by atoms with Gasteiger partial charge in [0, 0.05) is 5.92 Å². The Morgan fingerprint density at radius 2 is 1.50 bits per heavy atom. The second kappa shape index (κ2) is 17.9. The summed E-state index contributed by atoms with van der Waals surface area (Å²) in [5.41, 5.74) is 0. The molecule has 0 aliphatic rings. The van der Waals surface area contributed by atoms with Gasteiger partial charge in [0.2, 0.25) is 0 Å². The average molecular weight is 305 g/mol. The largest absolute Gasteiger partial charge is 0.303 e. The van der Waals surface area contributed by atoms with Gasteiger partial charge in [0.1, 0.15) is 6.29 Å². The van der Waals surface area contributed by atoms with Gasteiger partial charge in [-0.3, -0.25) is 0 Å². The zero-order valence-electron chi connectivity index (χ0n) is 14.6. The smallest absolute Gasteiger partial charge is 0.123 e. The first-order valence-corrected chi connectivity index (χ1v) is 9.21.